The van der Waals surface area contributed by atoms with Crippen LogP contribution >= 0.6 is 0 Å². The van der Waals surface area contributed by atoms with Crippen molar-refractivity contribution in [2.24, 2.45) is 4.36 Å². The first-order valence-corrected chi connectivity index (χ1v) is 8.56. The number of fused-ring (bicyclic) bond motifs is 1. The molecular formula is C18H18FNO3S. The van der Waals surface area contributed by atoms with Gasteiger partial charge in [0.05, 0.1) is 12.8 Å². The first-order chi connectivity index (χ1) is 11.4. The van der Waals surface area contributed by atoms with E-state index in [-0.39, 0.29) is 5.82 Å². The summed E-state index contributed by atoms with van der Waals surface area (Å²) in [5.74, 6) is 0.367. The van der Waals surface area contributed by atoms with E-state index < -0.39 is 16.5 Å². The predicted octanol–water partition coefficient (Wildman–Crippen LogP) is 4.29. The van der Waals surface area contributed by atoms with Gasteiger partial charge in [-0.15, -0.1) is 0 Å². The maximum atomic E-state index is 13.2. The topological polar surface area (TPSA) is 47.9 Å². The lowest BCUT2D eigenvalue weighted by Crippen LogP contribution is -2.29. The van der Waals surface area contributed by atoms with Crippen molar-refractivity contribution in [3.05, 3.63) is 65.5 Å². The van der Waals surface area contributed by atoms with Crippen LogP contribution in [0.1, 0.15) is 25.0 Å². The number of rotatable bonds is 3. The third-order valence-corrected chi connectivity index (χ3v) is 4.34. The number of ether oxygens (including phenoxy) is 1. The molecule has 0 N–H and O–H groups in total. The predicted molar refractivity (Wildman–Crippen MR) is 93.3 cm³/mol. The molecule has 2 aromatic rings. The van der Waals surface area contributed by atoms with E-state index in [1.54, 1.807) is 24.3 Å². The lowest BCUT2D eigenvalue weighted by Gasteiger charge is -2.31. The molecule has 1 heterocycles. The third kappa shape index (κ3) is 3.49. The Balaban J connectivity index is 2.11. The van der Waals surface area contributed by atoms with Crippen LogP contribution in [0.3, 0.4) is 0 Å². The molecule has 0 saturated carbocycles. The van der Waals surface area contributed by atoms with Gasteiger partial charge in [-0.3, -0.25) is 4.18 Å². The molecule has 1 aliphatic rings. The number of benzene rings is 2. The molecule has 3 rings (SSSR count). The van der Waals surface area contributed by atoms with Gasteiger partial charge in [-0.05, 0) is 55.3 Å². The molecule has 126 valence electrons. The highest BCUT2D eigenvalue weighted by Gasteiger charge is 2.27. The van der Waals surface area contributed by atoms with Crippen molar-refractivity contribution in [3.8, 4) is 5.75 Å². The van der Waals surface area contributed by atoms with Gasteiger partial charge < -0.3 is 4.74 Å². The summed E-state index contributed by atoms with van der Waals surface area (Å²) < 4.78 is 39.4. The maximum absolute atomic E-state index is 13.2. The molecular weight excluding hydrogens is 329 g/mol. The Morgan fingerprint density at radius 1 is 1.17 bits per heavy atom. The number of hydrogen-bond acceptors (Lipinski definition) is 4. The summed E-state index contributed by atoms with van der Waals surface area (Å²) in [7, 11) is -0.744. The fourth-order valence-electron chi connectivity index (χ4n) is 2.62. The largest absolute Gasteiger partial charge is 0.483 e. The van der Waals surface area contributed by atoms with Crippen molar-refractivity contribution < 1.29 is 17.5 Å². The zero-order chi connectivity index (χ0) is 17.3. The van der Waals surface area contributed by atoms with Gasteiger partial charge in [-0.25, -0.2) is 8.60 Å². The highest BCUT2D eigenvalue weighted by Crippen LogP contribution is 2.41. The first-order valence-electron chi connectivity index (χ1n) is 7.43. The van der Waals surface area contributed by atoms with E-state index >= 15 is 0 Å². The molecule has 0 radical (unpaired) electrons. The quantitative estimate of drug-likeness (QED) is 0.843. The Kier molecular flexibility index (Phi) is 4.43. The summed E-state index contributed by atoms with van der Waals surface area (Å²) in [5.41, 5.74) is 2.74. The van der Waals surface area contributed by atoms with Gasteiger partial charge in [0.15, 0.2) is 10.9 Å². The fourth-order valence-corrected chi connectivity index (χ4v) is 3.02. The molecule has 6 heteroatoms. The van der Waals surface area contributed by atoms with Crippen molar-refractivity contribution in [2.75, 3.05) is 7.11 Å². The first kappa shape index (κ1) is 16.7. The molecule has 0 amide bonds. The molecule has 4 nitrogen and oxygen atoms in total. The number of halogens is 1. The van der Waals surface area contributed by atoms with Crippen LogP contribution < -0.4 is 4.74 Å². The number of thiol groups is 1. The minimum atomic E-state index is -2.09. The van der Waals surface area contributed by atoms with Gasteiger partial charge in [0.1, 0.15) is 17.2 Å². The average Bonchev–Trinajstić information content (AvgIpc) is 2.53. The van der Waals surface area contributed by atoms with Crippen LogP contribution in [-0.2, 0) is 15.1 Å². The summed E-state index contributed by atoms with van der Waals surface area (Å²) in [6, 6.07) is 11.7. The van der Waals surface area contributed by atoms with Crippen LogP contribution in [0.2, 0.25) is 0 Å². The second kappa shape index (κ2) is 6.37. The third-order valence-electron chi connectivity index (χ3n) is 3.63. The summed E-state index contributed by atoms with van der Waals surface area (Å²) >= 11 is 0. The van der Waals surface area contributed by atoms with Crippen LogP contribution in [0.4, 0.5) is 10.1 Å². The normalized spacial score (nSPS) is 16.9. The van der Waals surface area contributed by atoms with Crippen molar-refractivity contribution in [3.63, 3.8) is 0 Å². The smallest absolute Gasteiger partial charge is 0.156 e. The maximum Gasteiger partial charge on any atom is 0.156 e. The van der Waals surface area contributed by atoms with Crippen LogP contribution in [0.25, 0.3) is 5.57 Å². The second-order valence-electron chi connectivity index (χ2n) is 5.97. The van der Waals surface area contributed by atoms with Gasteiger partial charge in [-0.1, -0.05) is 12.1 Å². The van der Waals surface area contributed by atoms with Crippen LogP contribution in [0.15, 0.2) is 52.9 Å². The molecule has 0 fully saturated rings. The molecule has 2 aromatic carbocycles. The molecule has 0 spiro atoms. The van der Waals surface area contributed by atoms with Gasteiger partial charge >= 0.3 is 0 Å². The molecule has 0 bridgehead atoms. The Bertz CT molecular complexity index is 882. The van der Waals surface area contributed by atoms with E-state index in [2.05, 4.69) is 4.36 Å². The Labute approximate surface area is 142 Å². The van der Waals surface area contributed by atoms with Gasteiger partial charge in [-0.2, -0.15) is 4.36 Å². The van der Waals surface area contributed by atoms with Gasteiger partial charge in [0, 0.05) is 11.6 Å². The standard InChI is InChI=1S/C18H18FNO3S/c1-18(2)11-16(12-4-6-13(19)7-5-12)15-9-8-14(10-17(15)23-18)20-24(21)22-3/h4-11,24H,1-3H3. The van der Waals surface area contributed by atoms with Crippen molar-refractivity contribution in [1.29, 1.82) is 0 Å². The van der Waals surface area contributed by atoms with E-state index in [0.717, 1.165) is 16.7 Å². The second-order valence-corrected chi connectivity index (χ2v) is 7.01. The van der Waals surface area contributed by atoms with Gasteiger partial charge in [0.25, 0.3) is 0 Å². The van der Waals surface area contributed by atoms with E-state index in [9.17, 15) is 8.60 Å². The van der Waals surface area contributed by atoms with Crippen LogP contribution in [0.5, 0.6) is 5.75 Å². The highest BCUT2D eigenvalue weighted by molar-refractivity contribution is 7.69. The minimum absolute atomic E-state index is 0.275. The average molecular weight is 347 g/mol. The SMILES string of the molecule is CO[SH](=O)=Nc1ccc2c(c1)OC(C)(C)C=C2c1ccc(F)cc1. The van der Waals surface area contributed by atoms with E-state index in [1.807, 2.05) is 26.0 Å². The van der Waals surface area contributed by atoms with Crippen molar-refractivity contribution in [2.45, 2.75) is 19.4 Å². The van der Waals surface area contributed by atoms with Crippen molar-refractivity contribution >= 4 is 22.1 Å². The number of hydrogen-bond donors (Lipinski definition) is 1. The van der Waals surface area contributed by atoms with Crippen LogP contribution in [0, 0.1) is 5.82 Å². The summed E-state index contributed by atoms with van der Waals surface area (Å²) in [6.45, 7) is 3.89. The molecule has 1 aliphatic heterocycles. The van der Waals surface area contributed by atoms with Gasteiger partial charge in [0.2, 0.25) is 0 Å². The summed E-state index contributed by atoms with van der Waals surface area (Å²) in [5, 5.41) is 0. The molecule has 24 heavy (non-hydrogen) atoms. The molecule has 0 aliphatic carbocycles. The van der Waals surface area contributed by atoms with E-state index in [0.29, 0.717) is 11.4 Å². The lowest BCUT2D eigenvalue weighted by molar-refractivity contribution is 0.158. The monoisotopic (exact) mass is 347 g/mol. The summed E-state index contributed by atoms with van der Waals surface area (Å²) in [6.07, 6.45) is 2.01. The lowest BCUT2D eigenvalue weighted by atomic mass is 9.90. The van der Waals surface area contributed by atoms with E-state index in [1.165, 1.54) is 19.2 Å². The Morgan fingerprint density at radius 3 is 2.54 bits per heavy atom. The number of nitrogens with zero attached hydrogens (tertiary/aromatic N) is 1. The fraction of sp³-hybridized carbons (Fsp3) is 0.222. The van der Waals surface area contributed by atoms with Crippen LogP contribution in [-0.4, -0.2) is 16.9 Å². The highest BCUT2D eigenvalue weighted by atomic mass is 32.2. The molecule has 1 unspecified atom stereocenters. The Hall–Kier alpha value is -2.18. The van der Waals surface area contributed by atoms with Crippen molar-refractivity contribution in [1.82, 2.24) is 0 Å². The van der Waals surface area contributed by atoms with E-state index in [4.69, 9.17) is 8.92 Å². The minimum Gasteiger partial charge on any atom is -0.483 e. The summed E-state index contributed by atoms with van der Waals surface area (Å²) in [4.78, 5) is 0. The molecule has 0 aromatic heterocycles. The zero-order valence-corrected chi connectivity index (χ0v) is 14.5. The zero-order valence-electron chi connectivity index (χ0n) is 13.6. The Morgan fingerprint density at radius 2 is 1.88 bits per heavy atom. The molecule has 1 atom stereocenters. The molecule has 0 saturated heterocycles.